The van der Waals surface area contributed by atoms with Crippen LogP contribution in [0, 0.1) is 5.82 Å². The summed E-state index contributed by atoms with van der Waals surface area (Å²) >= 11 is 0. The summed E-state index contributed by atoms with van der Waals surface area (Å²) < 4.78 is 15.5. The third kappa shape index (κ3) is 3.02. The average molecular weight is 340 g/mol. The number of carbonyl (C=O) groups excluding carboxylic acids is 1. The SMILES string of the molecule is Cn1cc(N2CCC(NC(=O)c3cc(F)cc4nccnc34)C2)cn1. The van der Waals surface area contributed by atoms with Gasteiger partial charge in [-0.15, -0.1) is 0 Å². The van der Waals surface area contributed by atoms with Crippen molar-refractivity contribution in [2.75, 3.05) is 18.0 Å². The molecule has 4 rings (SSSR count). The molecule has 3 heterocycles. The fourth-order valence-electron chi connectivity index (χ4n) is 3.16. The first kappa shape index (κ1) is 15.5. The van der Waals surface area contributed by atoms with E-state index in [4.69, 9.17) is 0 Å². The van der Waals surface area contributed by atoms with Crippen LogP contribution in [0.15, 0.2) is 36.9 Å². The van der Waals surface area contributed by atoms with Gasteiger partial charge in [0.1, 0.15) is 11.3 Å². The summed E-state index contributed by atoms with van der Waals surface area (Å²) in [5.74, 6) is -0.829. The molecule has 0 radical (unpaired) electrons. The lowest BCUT2D eigenvalue weighted by Crippen LogP contribution is -2.37. The van der Waals surface area contributed by atoms with Gasteiger partial charge >= 0.3 is 0 Å². The van der Waals surface area contributed by atoms with Crippen molar-refractivity contribution in [1.29, 1.82) is 0 Å². The summed E-state index contributed by atoms with van der Waals surface area (Å²) in [5.41, 5.74) is 2.02. The maximum absolute atomic E-state index is 13.8. The highest BCUT2D eigenvalue weighted by Crippen LogP contribution is 2.21. The minimum Gasteiger partial charge on any atom is -0.367 e. The van der Waals surface area contributed by atoms with Crippen LogP contribution in [-0.4, -0.2) is 44.8 Å². The average Bonchev–Trinajstić information content (AvgIpc) is 3.23. The third-order valence-corrected chi connectivity index (χ3v) is 4.36. The Hall–Kier alpha value is -3.03. The van der Waals surface area contributed by atoms with Gasteiger partial charge in [-0.05, 0) is 12.5 Å². The molecular weight excluding hydrogens is 323 g/mol. The molecule has 1 aliphatic heterocycles. The van der Waals surface area contributed by atoms with Crippen LogP contribution in [0.3, 0.4) is 0 Å². The molecule has 0 spiro atoms. The zero-order chi connectivity index (χ0) is 17.4. The van der Waals surface area contributed by atoms with Crippen LogP contribution in [0.2, 0.25) is 0 Å². The maximum Gasteiger partial charge on any atom is 0.253 e. The van der Waals surface area contributed by atoms with E-state index in [0.29, 0.717) is 17.6 Å². The van der Waals surface area contributed by atoms with Gasteiger partial charge in [0.05, 0.1) is 23.0 Å². The maximum atomic E-state index is 13.8. The molecule has 1 aromatic carbocycles. The Bertz CT molecular complexity index is 940. The van der Waals surface area contributed by atoms with Crippen LogP contribution < -0.4 is 10.2 Å². The minimum absolute atomic E-state index is 0.0114. The zero-order valence-corrected chi connectivity index (χ0v) is 13.7. The second-order valence-corrected chi connectivity index (χ2v) is 6.15. The van der Waals surface area contributed by atoms with Crippen LogP contribution >= 0.6 is 0 Å². The normalized spacial score (nSPS) is 17.2. The number of aryl methyl sites for hydroxylation is 1. The molecule has 1 amide bonds. The van der Waals surface area contributed by atoms with Gasteiger partial charge in [0.2, 0.25) is 0 Å². The van der Waals surface area contributed by atoms with E-state index in [1.807, 2.05) is 13.2 Å². The second-order valence-electron chi connectivity index (χ2n) is 6.15. The number of amides is 1. The van der Waals surface area contributed by atoms with Gasteiger partial charge < -0.3 is 10.2 Å². The molecule has 1 fully saturated rings. The summed E-state index contributed by atoms with van der Waals surface area (Å²) in [5, 5.41) is 7.15. The number of aromatic nitrogens is 4. The Balaban J connectivity index is 1.51. The molecule has 1 aliphatic rings. The van der Waals surface area contributed by atoms with Gasteiger partial charge in [-0.1, -0.05) is 0 Å². The fraction of sp³-hybridized carbons (Fsp3) is 0.294. The van der Waals surface area contributed by atoms with Crippen LogP contribution in [0.4, 0.5) is 10.1 Å². The van der Waals surface area contributed by atoms with Crippen molar-refractivity contribution >= 4 is 22.6 Å². The van der Waals surface area contributed by atoms with Gasteiger partial charge in [0.25, 0.3) is 5.91 Å². The molecule has 0 bridgehead atoms. The van der Waals surface area contributed by atoms with Crippen molar-refractivity contribution in [2.45, 2.75) is 12.5 Å². The van der Waals surface area contributed by atoms with E-state index in [0.717, 1.165) is 18.7 Å². The van der Waals surface area contributed by atoms with E-state index in [-0.39, 0.29) is 17.5 Å². The molecule has 8 heteroatoms. The molecule has 0 aliphatic carbocycles. The summed E-state index contributed by atoms with van der Waals surface area (Å²) in [6, 6.07) is 2.47. The molecule has 1 saturated heterocycles. The van der Waals surface area contributed by atoms with Gasteiger partial charge in [0, 0.05) is 50.8 Å². The first-order valence-electron chi connectivity index (χ1n) is 8.05. The number of hydrogen-bond donors (Lipinski definition) is 1. The van der Waals surface area contributed by atoms with Gasteiger partial charge in [-0.25, -0.2) is 4.39 Å². The van der Waals surface area contributed by atoms with Crippen molar-refractivity contribution in [1.82, 2.24) is 25.1 Å². The van der Waals surface area contributed by atoms with Gasteiger partial charge in [0.15, 0.2) is 0 Å². The predicted molar refractivity (Wildman–Crippen MR) is 90.8 cm³/mol. The highest BCUT2D eigenvalue weighted by molar-refractivity contribution is 6.04. The van der Waals surface area contributed by atoms with Crippen LogP contribution in [0.1, 0.15) is 16.8 Å². The van der Waals surface area contributed by atoms with E-state index < -0.39 is 5.82 Å². The van der Waals surface area contributed by atoms with Crippen molar-refractivity contribution in [3.05, 3.63) is 48.3 Å². The molecule has 2 aromatic heterocycles. The molecule has 25 heavy (non-hydrogen) atoms. The predicted octanol–water partition coefficient (Wildman–Crippen LogP) is 1.51. The highest BCUT2D eigenvalue weighted by Gasteiger charge is 2.26. The second kappa shape index (κ2) is 6.12. The standard InChI is InChI=1S/C17H17FN6O/c1-23-10-13(8-21-23)24-5-2-12(9-24)22-17(25)14-6-11(18)7-15-16(14)20-4-3-19-15/h3-4,6-8,10,12H,2,5,9H2,1H3,(H,22,25). The van der Waals surface area contributed by atoms with Crippen LogP contribution in [-0.2, 0) is 7.05 Å². The van der Waals surface area contributed by atoms with Gasteiger partial charge in [-0.2, -0.15) is 5.10 Å². The van der Waals surface area contributed by atoms with Crippen molar-refractivity contribution in [2.24, 2.45) is 7.05 Å². The van der Waals surface area contributed by atoms with Gasteiger partial charge in [-0.3, -0.25) is 19.4 Å². The fourth-order valence-corrected chi connectivity index (χ4v) is 3.16. The quantitative estimate of drug-likeness (QED) is 0.782. The molecule has 3 aromatic rings. The molecule has 128 valence electrons. The Morgan fingerprint density at radius 3 is 2.96 bits per heavy atom. The van der Waals surface area contributed by atoms with Crippen molar-refractivity contribution in [3.63, 3.8) is 0 Å². The van der Waals surface area contributed by atoms with E-state index >= 15 is 0 Å². The number of carbonyl (C=O) groups is 1. The largest absolute Gasteiger partial charge is 0.367 e. The minimum atomic E-state index is -0.499. The lowest BCUT2D eigenvalue weighted by Gasteiger charge is -2.17. The summed E-state index contributed by atoms with van der Waals surface area (Å²) in [6.45, 7) is 1.52. The number of rotatable bonds is 3. The molecule has 1 unspecified atom stereocenters. The van der Waals surface area contributed by atoms with E-state index in [1.165, 1.54) is 24.5 Å². The highest BCUT2D eigenvalue weighted by atomic mass is 19.1. The van der Waals surface area contributed by atoms with Crippen LogP contribution in [0.25, 0.3) is 11.0 Å². The molecular formula is C17H17FN6O. The smallest absolute Gasteiger partial charge is 0.253 e. The summed E-state index contributed by atoms with van der Waals surface area (Å²) in [4.78, 5) is 23.0. The molecule has 1 N–H and O–H groups in total. The number of anilines is 1. The molecule has 0 saturated carbocycles. The van der Waals surface area contributed by atoms with Crippen LogP contribution in [0.5, 0.6) is 0 Å². The Labute approximate surface area is 143 Å². The Kier molecular flexibility index (Phi) is 3.79. The topological polar surface area (TPSA) is 75.9 Å². The van der Waals surface area contributed by atoms with E-state index in [1.54, 1.807) is 10.9 Å². The lowest BCUT2D eigenvalue weighted by atomic mass is 10.1. The lowest BCUT2D eigenvalue weighted by molar-refractivity contribution is 0.0941. The zero-order valence-electron chi connectivity index (χ0n) is 13.7. The van der Waals surface area contributed by atoms with E-state index in [9.17, 15) is 9.18 Å². The molecule has 1 atom stereocenters. The third-order valence-electron chi connectivity index (χ3n) is 4.36. The number of nitrogens with one attached hydrogen (secondary N) is 1. The number of nitrogens with zero attached hydrogens (tertiary/aromatic N) is 5. The Morgan fingerprint density at radius 2 is 2.16 bits per heavy atom. The molecule has 7 nitrogen and oxygen atoms in total. The first-order valence-corrected chi connectivity index (χ1v) is 8.05. The number of hydrogen-bond acceptors (Lipinski definition) is 5. The van der Waals surface area contributed by atoms with Crippen molar-refractivity contribution in [3.8, 4) is 0 Å². The first-order chi connectivity index (χ1) is 12.1. The number of benzene rings is 1. The summed E-state index contributed by atoms with van der Waals surface area (Å²) in [6.07, 6.45) is 7.54. The van der Waals surface area contributed by atoms with Crippen molar-refractivity contribution < 1.29 is 9.18 Å². The summed E-state index contributed by atoms with van der Waals surface area (Å²) in [7, 11) is 1.87. The monoisotopic (exact) mass is 340 g/mol. The van der Waals surface area contributed by atoms with E-state index in [2.05, 4.69) is 25.3 Å². The number of fused-ring (bicyclic) bond motifs is 1. The Morgan fingerprint density at radius 1 is 1.32 bits per heavy atom. The number of halogens is 1.